The van der Waals surface area contributed by atoms with Gasteiger partial charge in [-0.05, 0) is 6.42 Å². The molecule has 1 heterocycles. The van der Waals surface area contributed by atoms with Crippen LogP contribution in [0, 0.1) is 0 Å². The SMILES string of the molecule is C1=CCOCC1.CC. The maximum absolute atomic E-state index is 4.98. The molecule has 1 heteroatoms. The summed E-state index contributed by atoms with van der Waals surface area (Å²) >= 11 is 0. The van der Waals surface area contributed by atoms with E-state index in [1.807, 2.05) is 19.9 Å². The fraction of sp³-hybridized carbons (Fsp3) is 0.714. The summed E-state index contributed by atoms with van der Waals surface area (Å²) in [6.07, 6.45) is 5.28. The molecular weight excluding hydrogens is 100 g/mol. The summed E-state index contributed by atoms with van der Waals surface area (Å²) < 4.78 is 4.98. The highest BCUT2D eigenvalue weighted by molar-refractivity contribution is 4.84. The van der Waals surface area contributed by atoms with Crippen molar-refractivity contribution in [1.29, 1.82) is 0 Å². The fourth-order valence-electron chi connectivity index (χ4n) is 0.489. The molecule has 48 valence electrons. The third kappa shape index (κ3) is 3.88. The van der Waals surface area contributed by atoms with E-state index in [1.165, 1.54) is 0 Å². The van der Waals surface area contributed by atoms with Crippen LogP contribution in [0.15, 0.2) is 12.2 Å². The highest BCUT2D eigenvalue weighted by Crippen LogP contribution is 1.91. The molecule has 1 aliphatic heterocycles. The van der Waals surface area contributed by atoms with Crippen molar-refractivity contribution in [2.24, 2.45) is 0 Å². The van der Waals surface area contributed by atoms with Crippen molar-refractivity contribution in [1.82, 2.24) is 0 Å². The number of hydrogen-bond donors (Lipinski definition) is 0. The lowest BCUT2D eigenvalue weighted by molar-refractivity contribution is 0.158. The molecule has 0 aromatic heterocycles. The van der Waals surface area contributed by atoms with Crippen LogP contribution in [-0.4, -0.2) is 13.2 Å². The van der Waals surface area contributed by atoms with Crippen molar-refractivity contribution in [3.8, 4) is 0 Å². The van der Waals surface area contributed by atoms with Crippen molar-refractivity contribution in [3.05, 3.63) is 12.2 Å². The Morgan fingerprint density at radius 3 is 2.12 bits per heavy atom. The highest BCUT2D eigenvalue weighted by Gasteiger charge is 1.85. The van der Waals surface area contributed by atoms with Crippen molar-refractivity contribution in [2.75, 3.05) is 13.2 Å². The van der Waals surface area contributed by atoms with Gasteiger partial charge in [0, 0.05) is 0 Å². The molecule has 0 aromatic carbocycles. The van der Waals surface area contributed by atoms with E-state index in [4.69, 9.17) is 4.74 Å². The number of ether oxygens (including phenoxy) is 1. The molecule has 0 amide bonds. The zero-order chi connectivity index (χ0) is 6.24. The summed E-state index contributed by atoms with van der Waals surface area (Å²) in [6, 6.07) is 0. The molecule has 0 saturated carbocycles. The van der Waals surface area contributed by atoms with Gasteiger partial charge in [0.1, 0.15) is 0 Å². The second-order valence-corrected chi connectivity index (χ2v) is 1.33. The zero-order valence-electron chi connectivity index (χ0n) is 5.68. The standard InChI is InChI=1S/C5H8O.C2H6/c1-2-4-6-5-3-1;1-2/h1-2H,3-5H2;1-2H3. The minimum absolute atomic E-state index is 0.819. The molecular formula is C7H14O. The highest BCUT2D eigenvalue weighted by atomic mass is 16.5. The summed E-state index contributed by atoms with van der Waals surface area (Å²) in [5.74, 6) is 0. The molecule has 0 aromatic rings. The van der Waals surface area contributed by atoms with Crippen LogP contribution in [0.1, 0.15) is 20.3 Å². The lowest BCUT2D eigenvalue weighted by Crippen LogP contribution is -1.96. The van der Waals surface area contributed by atoms with Gasteiger partial charge < -0.3 is 4.74 Å². The Balaban J connectivity index is 0.000000222. The summed E-state index contributed by atoms with van der Waals surface area (Å²) in [5, 5.41) is 0. The molecule has 0 N–H and O–H groups in total. The largest absolute Gasteiger partial charge is 0.377 e. The Kier molecular flexibility index (Phi) is 6.45. The van der Waals surface area contributed by atoms with Gasteiger partial charge in [0.05, 0.1) is 13.2 Å². The molecule has 0 aliphatic carbocycles. The molecule has 0 bridgehead atoms. The Bertz CT molecular complexity index is 49.4. The van der Waals surface area contributed by atoms with Crippen LogP contribution in [0.4, 0.5) is 0 Å². The van der Waals surface area contributed by atoms with Crippen LogP contribution >= 0.6 is 0 Å². The number of hydrogen-bond acceptors (Lipinski definition) is 1. The first-order chi connectivity index (χ1) is 4.00. The molecule has 8 heavy (non-hydrogen) atoms. The molecule has 0 fully saturated rings. The van der Waals surface area contributed by atoms with Gasteiger partial charge in [-0.2, -0.15) is 0 Å². The third-order valence-corrected chi connectivity index (χ3v) is 0.810. The molecule has 0 spiro atoms. The van der Waals surface area contributed by atoms with Gasteiger partial charge in [0.15, 0.2) is 0 Å². The maximum Gasteiger partial charge on any atom is 0.0647 e. The molecule has 1 nitrogen and oxygen atoms in total. The van der Waals surface area contributed by atoms with Crippen LogP contribution < -0.4 is 0 Å². The predicted molar refractivity (Wildman–Crippen MR) is 35.9 cm³/mol. The molecule has 1 aliphatic rings. The Morgan fingerprint density at radius 1 is 1.25 bits per heavy atom. The van der Waals surface area contributed by atoms with E-state index < -0.39 is 0 Å². The van der Waals surface area contributed by atoms with E-state index in [2.05, 4.69) is 6.08 Å². The van der Waals surface area contributed by atoms with E-state index in [1.54, 1.807) is 0 Å². The monoisotopic (exact) mass is 114 g/mol. The van der Waals surface area contributed by atoms with E-state index in [9.17, 15) is 0 Å². The van der Waals surface area contributed by atoms with Crippen molar-refractivity contribution >= 4 is 0 Å². The van der Waals surface area contributed by atoms with Gasteiger partial charge in [-0.15, -0.1) is 0 Å². The smallest absolute Gasteiger partial charge is 0.0647 e. The zero-order valence-corrected chi connectivity index (χ0v) is 5.68. The van der Waals surface area contributed by atoms with Gasteiger partial charge in [0.25, 0.3) is 0 Å². The normalized spacial score (nSPS) is 16.8. The van der Waals surface area contributed by atoms with Crippen LogP contribution in [0.3, 0.4) is 0 Å². The lowest BCUT2D eigenvalue weighted by atomic mass is 10.3. The van der Waals surface area contributed by atoms with Crippen molar-refractivity contribution in [2.45, 2.75) is 20.3 Å². The second-order valence-electron chi connectivity index (χ2n) is 1.33. The van der Waals surface area contributed by atoms with Crippen LogP contribution in [0.5, 0.6) is 0 Å². The average molecular weight is 114 g/mol. The minimum atomic E-state index is 0.819. The van der Waals surface area contributed by atoms with Crippen molar-refractivity contribution in [3.63, 3.8) is 0 Å². The molecule has 0 atom stereocenters. The Morgan fingerprint density at radius 2 is 2.00 bits per heavy atom. The first-order valence-corrected chi connectivity index (χ1v) is 3.23. The maximum atomic E-state index is 4.98. The summed E-state index contributed by atoms with van der Waals surface area (Å²) in [5.41, 5.74) is 0. The average Bonchev–Trinajstić information content (AvgIpc) is 1.96. The topological polar surface area (TPSA) is 9.23 Å². The first-order valence-electron chi connectivity index (χ1n) is 3.23. The minimum Gasteiger partial charge on any atom is -0.377 e. The van der Waals surface area contributed by atoms with Gasteiger partial charge in [0.2, 0.25) is 0 Å². The predicted octanol–water partition coefficient (Wildman–Crippen LogP) is 1.99. The van der Waals surface area contributed by atoms with Crippen LogP contribution in [0.25, 0.3) is 0 Å². The lowest BCUT2D eigenvalue weighted by Gasteiger charge is -2.00. The molecule has 0 unspecified atom stereocenters. The summed E-state index contributed by atoms with van der Waals surface area (Å²) in [6.45, 7) is 5.73. The third-order valence-electron chi connectivity index (χ3n) is 0.810. The molecule has 0 saturated heterocycles. The van der Waals surface area contributed by atoms with E-state index in [0.717, 1.165) is 19.6 Å². The van der Waals surface area contributed by atoms with E-state index in [-0.39, 0.29) is 0 Å². The molecule has 0 radical (unpaired) electrons. The van der Waals surface area contributed by atoms with Gasteiger partial charge >= 0.3 is 0 Å². The van der Waals surface area contributed by atoms with Gasteiger partial charge in [-0.1, -0.05) is 26.0 Å². The summed E-state index contributed by atoms with van der Waals surface area (Å²) in [7, 11) is 0. The summed E-state index contributed by atoms with van der Waals surface area (Å²) in [4.78, 5) is 0. The van der Waals surface area contributed by atoms with E-state index >= 15 is 0 Å². The second kappa shape index (κ2) is 6.70. The van der Waals surface area contributed by atoms with Gasteiger partial charge in [-0.3, -0.25) is 0 Å². The first kappa shape index (κ1) is 7.70. The van der Waals surface area contributed by atoms with Crippen LogP contribution in [0.2, 0.25) is 0 Å². The van der Waals surface area contributed by atoms with Crippen LogP contribution in [-0.2, 0) is 4.74 Å². The van der Waals surface area contributed by atoms with Crippen molar-refractivity contribution < 1.29 is 4.74 Å². The number of rotatable bonds is 0. The van der Waals surface area contributed by atoms with Gasteiger partial charge in [-0.25, -0.2) is 0 Å². The van der Waals surface area contributed by atoms with E-state index in [0.29, 0.717) is 0 Å². The Hall–Kier alpha value is -0.300. The fourth-order valence-corrected chi connectivity index (χ4v) is 0.489. The quantitative estimate of drug-likeness (QED) is 0.437. The Labute approximate surface area is 51.4 Å². The molecule has 1 rings (SSSR count).